The number of benzene rings is 1. The van der Waals surface area contributed by atoms with Gasteiger partial charge in [-0.1, -0.05) is 18.2 Å². The summed E-state index contributed by atoms with van der Waals surface area (Å²) >= 11 is 1.55. The van der Waals surface area contributed by atoms with Gasteiger partial charge in [0.25, 0.3) is 5.91 Å². The summed E-state index contributed by atoms with van der Waals surface area (Å²) in [7, 11) is 0. The molecular weight excluding hydrogens is 364 g/mol. The van der Waals surface area contributed by atoms with Crippen LogP contribution in [0.4, 0.5) is 0 Å². The Kier molecular flexibility index (Phi) is 5.02. The van der Waals surface area contributed by atoms with Crippen LogP contribution in [0.5, 0.6) is 0 Å². The summed E-state index contributed by atoms with van der Waals surface area (Å²) in [5.41, 5.74) is 1.42. The molecule has 4 rings (SSSR count). The lowest BCUT2D eigenvalue weighted by Crippen LogP contribution is -2.47. The Bertz CT molecular complexity index is 893. The highest BCUT2D eigenvalue weighted by Gasteiger charge is 2.42. The van der Waals surface area contributed by atoms with Gasteiger partial charge in [-0.25, -0.2) is 0 Å². The van der Waals surface area contributed by atoms with Crippen molar-refractivity contribution in [2.45, 2.75) is 18.0 Å². The first kappa shape index (κ1) is 17.5. The van der Waals surface area contributed by atoms with E-state index < -0.39 is 6.04 Å². The van der Waals surface area contributed by atoms with Crippen LogP contribution < -0.4 is 5.32 Å². The zero-order chi connectivity index (χ0) is 18.6. The molecule has 0 radical (unpaired) electrons. The Labute approximate surface area is 160 Å². The van der Waals surface area contributed by atoms with Gasteiger partial charge in [0.2, 0.25) is 5.91 Å². The lowest BCUT2D eigenvalue weighted by Gasteiger charge is -2.28. The number of hydrogen-bond donors (Lipinski definition) is 1. The van der Waals surface area contributed by atoms with Crippen molar-refractivity contribution < 1.29 is 18.4 Å². The number of thioether (sulfide) groups is 1. The monoisotopic (exact) mass is 382 g/mol. The number of amides is 2. The minimum atomic E-state index is -0.572. The number of carbonyl (C=O) groups is 2. The summed E-state index contributed by atoms with van der Waals surface area (Å²) in [5.74, 6) is 0.804. The van der Waals surface area contributed by atoms with E-state index in [1.54, 1.807) is 59.7 Å². The number of carbonyl (C=O) groups excluding carboxylic acids is 2. The molecule has 1 aliphatic heterocycles. The van der Waals surface area contributed by atoms with Gasteiger partial charge in [-0.3, -0.25) is 9.59 Å². The molecule has 0 spiro atoms. The molecule has 1 N–H and O–H groups in total. The molecule has 2 atom stereocenters. The summed E-state index contributed by atoms with van der Waals surface area (Å²) in [6.07, 6.45) is 4.75. The fourth-order valence-corrected chi connectivity index (χ4v) is 4.47. The first-order valence-electron chi connectivity index (χ1n) is 8.55. The summed E-state index contributed by atoms with van der Waals surface area (Å²) in [5, 5.41) is 2.60. The standard InChI is InChI=1S/C20H18N2O4S/c23-18(21-11-16-7-4-9-26-16)17-13-27-20(15-8-10-25-12-15)22(17)19(24)14-5-2-1-3-6-14/h1-10,12,17,20H,11,13H2,(H,21,23). The molecule has 138 valence electrons. The Balaban J connectivity index is 1.57. The van der Waals surface area contributed by atoms with Crippen LogP contribution in [0.1, 0.15) is 27.1 Å². The number of furan rings is 2. The van der Waals surface area contributed by atoms with Gasteiger partial charge in [0.05, 0.1) is 25.3 Å². The zero-order valence-electron chi connectivity index (χ0n) is 14.4. The molecule has 2 unspecified atom stereocenters. The van der Waals surface area contributed by atoms with Crippen molar-refractivity contribution in [2.24, 2.45) is 0 Å². The molecule has 27 heavy (non-hydrogen) atoms. The third kappa shape index (κ3) is 3.64. The summed E-state index contributed by atoms with van der Waals surface area (Å²) in [4.78, 5) is 27.6. The molecule has 0 bridgehead atoms. The van der Waals surface area contributed by atoms with E-state index in [2.05, 4.69) is 5.32 Å². The number of nitrogens with one attached hydrogen (secondary N) is 1. The van der Waals surface area contributed by atoms with Gasteiger partial charge >= 0.3 is 0 Å². The average molecular weight is 382 g/mol. The van der Waals surface area contributed by atoms with Crippen molar-refractivity contribution in [3.63, 3.8) is 0 Å². The lowest BCUT2D eigenvalue weighted by molar-refractivity contribution is -0.125. The maximum Gasteiger partial charge on any atom is 0.255 e. The topological polar surface area (TPSA) is 75.7 Å². The smallest absolute Gasteiger partial charge is 0.255 e. The molecule has 2 aromatic heterocycles. The molecule has 1 aliphatic rings. The van der Waals surface area contributed by atoms with Crippen LogP contribution in [0, 0.1) is 0 Å². The SMILES string of the molecule is O=C(NCc1ccco1)C1CSC(c2ccoc2)N1C(=O)c1ccccc1. The van der Waals surface area contributed by atoms with Gasteiger partial charge < -0.3 is 19.1 Å². The molecule has 3 aromatic rings. The maximum absolute atomic E-state index is 13.2. The van der Waals surface area contributed by atoms with Gasteiger partial charge in [0.15, 0.2) is 0 Å². The number of nitrogens with zero attached hydrogens (tertiary/aromatic N) is 1. The Morgan fingerprint density at radius 1 is 1.11 bits per heavy atom. The second-order valence-corrected chi connectivity index (χ2v) is 7.25. The molecule has 1 fully saturated rings. The minimum absolute atomic E-state index is 0.176. The van der Waals surface area contributed by atoms with Crippen molar-refractivity contribution >= 4 is 23.6 Å². The Morgan fingerprint density at radius 2 is 1.96 bits per heavy atom. The third-order valence-electron chi connectivity index (χ3n) is 4.40. The lowest BCUT2D eigenvalue weighted by atomic mass is 10.1. The van der Waals surface area contributed by atoms with E-state index in [4.69, 9.17) is 8.83 Å². The molecule has 6 nitrogen and oxygen atoms in total. The summed E-state index contributed by atoms with van der Waals surface area (Å²) in [6, 6.07) is 13.8. The van der Waals surface area contributed by atoms with E-state index in [-0.39, 0.29) is 23.7 Å². The highest BCUT2D eigenvalue weighted by Crippen LogP contribution is 2.42. The minimum Gasteiger partial charge on any atom is -0.472 e. The Hall–Kier alpha value is -2.93. The van der Waals surface area contributed by atoms with E-state index in [1.807, 2.05) is 24.3 Å². The van der Waals surface area contributed by atoms with Crippen LogP contribution in [0.15, 0.2) is 76.2 Å². The second-order valence-electron chi connectivity index (χ2n) is 6.13. The normalized spacial score (nSPS) is 19.2. The molecule has 7 heteroatoms. The quantitative estimate of drug-likeness (QED) is 0.732. The molecule has 1 saturated heterocycles. The van der Waals surface area contributed by atoms with Gasteiger partial charge in [-0.05, 0) is 30.3 Å². The molecule has 2 amide bonds. The molecule has 0 aliphatic carbocycles. The van der Waals surface area contributed by atoms with Gasteiger partial charge in [0.1, 0.15) is 17.2 Å². The first-order valence-corrected chi connectivity index (χ1v) is 9.60. The van der Waals surface area contributed by atoms with Crippen molar-refractivity contribution in [1.82, 2.24) is 10.2 Å². The van der Waals surface area contributed by atoms with Crippen molar-refractivity contribution in [3.8, 4) is 0 Å². The average Bonchev–Trinajstić information content (AvgIpc) is 3.47. The maximum atomic E-state index is 13.2. The van der Waals surface area contributed by atoms with E-state index in [0.29, 0.717) is 17.1 Å². The first-order chi connectivity index (χ1) is 13.2. The van der Waals surface area contributed by atoms with E-state index in [9.17, 15) is 9.59 Å². The zero-order valence-corrected chi connectivity index (χ0v) is 15.2. The van der Waals surface area contributed by atoms with Crippen LogP contribution in [-0.2, 0) is 11.3 Å². The largest absolute Gasteiger partial charge is 0.472 e. The van der Waals surface area contributed by atoms with Crippen LogP contribution in [0.2, 0.25) is 0 Å². The van der Waals surface area contributed by atoms with Crippen molar-refractivity contribution in [3.05, 3.63) is 84.2 Å². The van der Waals surface area contributed by atoms with Crippen LogP contribution in [-0.4, -0.2) is 28.5 Å². The highest BCUT2D eigenvalue weighted by molar-refractivity contribution is 7.99. The van der Waals surface area contributed by atoms with E-state index in [0.717, 1.165) is 5.56 Å². The predicted octanol–water partition coefficient (Wildman–Crippen LogP) is 3.45. The third-order valence-corrected chi connectivity index (χ3v) is 5.73. The second kappa shape index (κ2) is 7.75. The van der Waals surface area contributed by atoms with E-state index >= 15 is 0 Å². The molecule has 1 aromatic carbocycles. The summed E-state index contributed by atoms with van der Waals surface area (Å²) < 4.78 is 10.4. The predicted molar refractivity (Wildman–Crippen MR) is 101 cm³/mol. The van der Waals surface area contributed by atoms with Crippen LogP contribution in [0.3, 0.4) is 0 Å². The van der Waals surface area contributed by atoms with Crippen molar-refractivity contribution in [2.75, 3.05) is 5.75 Å². The molecule has 0 saturated carbocycles. The van der Waals surface area contributed by atoms with Gasteiger partial charge in [0, 0.05) is 16.9 Å². The fourth-order valence-electron chi connectivity index (χ4n) is 3.06. The Morgan fingerprint density at radius 3 is 2.67 bits per heavy atom. The highest BCUT2D eigenvalue weighted by atomic mass is 32.2. The van der Waals surface area contributed by atoms with Gasteiger partial charge in [-0.15, -0.1) is 11.8 Å². The van der Waals surface area contributed by atoms with Crippen molar-refractivity contribution in [1.29, 1.82) is 0 Å². The molecular formula is C20H18N2O4S. The van der Waals surface area contributed by atoms with Crippen LogP contribution >= 0.6 is 11.8 Å². The number of hydrogen-bond acceptors (Lipinski definition) is 5. The molecule has 3 heterocycles. The number of rotatable bonds is 5. The summed E-state index contributed by atoms with van der Waals surface area (Å²) in [6.45, 7) is 0.288. The van der Waals surface area contributed by atoms with E-state index in [1.165, 1.54) is 0 Å². The van der Waals surface area contributed by atoms with Gasteiger partial charge in [-0.2, -0.15) is 0 Å². The van der Waals surface area contributed by atoms with Crippen LogP contribution in [0.25, 0.3) is 0 Å². The fraction of sp³-hybridized carbons (Fsp3) is 0.200.